The standard InChI is InChI=1S/C17H28N6O4/c1-5-26-14(24)12-13(18)21-15(23-22-12)19-10-8-6-7-9-11(10)20-16(25)27-17(2,3)4/h10-11H,5-9H2,1-4H3,(H,20,25)(H3,18,19,21,23)/t10-,11+/m1/s1. The Labute approximate surface area is 158 Å². The average molecular weight is 380 g/mol. The van der Waals surface area contributed by atoms with Crippen LogP contribution in [0, 0.1) is 0 Å². The third-order valence-corrected chi connectivity index (χ3v) is 3.97. The van der Waals surface area contributed by atoms with Gasteiger partial charge in [-0.2, -0.15) is 4.98 Å². The molecule has 27 heavy (non-hydrogen) atoms. The van der Waals surface area contributed by atoms with Crippen molar-refractivity contribution in [1.29, 1.82) is 0 Å². The van der Waals surface area contributed by atoms with Gasteiger partial charge in [0.15, 0.2) is 5.82 Å². The first kappa shape index (κ1) is 20.7. The zero-order valence-corrected chi connectivity index (χ0v) is 16.2. The SMILES string of the molecule is CCOC(=O)c1nnc(N[C@@H]2CCCC[C@@H]2NC(=O)OC(C)(C)C)nc1N. The molecule has 2 rings (SSSR count). The summed E-state index contributed by atoms with van der Waals surface area (Å²) < 4.78 is 10.2. The predicted octanol–water partition coefficient (Wildman–Crippen LogP) is 1.88. The van der Waals surface area contributed by atoms with Gasteiger partial charge < -0.3 is 25.8 Å². The van der Waals surface area contributed by atoms with Gasteiger partial charge in [0.25, 0.3) is 0 Å². The normalized spacial score (nSPS) is 19.9. The molecule has 0 radical (unpaired) electrons. The number of carbonyl (C=O) groups is 2. The molecule has 0 saturated heterocycles. The van der Waals surface area contributed by atoms with Crippen LogP contribution in [0.4, 0.5) is 16.6 Å². The molecule has 0 spiro atoms. The molecule has 1 heterocycles. The molecule has 1 aliphatic rings. The van der Waals surface area contributed by atoms with Gasteiger partial charge >= 0.3 is 12.1 Å². The Bertz CT molecular complexity index is 676. The average Bonchev–Trinajstić information content (AvgIpc) is 2.55. The van der Waals surface area contributed by atoms with E-state index in [9.17, 15) is 9.59 Å². The topological polar surface area (TPSA) is 141 Å². The summed E-state index contributed by atoms with van der Waals surface area (Å²) in [4.78, 5) is 27.9. The number of alkyl carbamates (subject to hydrolysis) is 1. The third-order valence-electron chi connectivity index (χ3n) is 3.97. The van der Waals surface area contributed by atoms with Crippen molar-refractivity contribution >= 4 is 23.8 Å². The second-order valence-corrected chi connectivity index (χ2v) is 7.38. The lowest BCUT2D eigenvalue weighted by molar-refractivity contribution is 0.0484. The number of hydrogen-bond acceptors (Lipinski definition) is 9. The van der Waals surface area contributed by atoms with Gasteiger partial charge in [0, 0.05) is 6.04 Å². The second-order valence-electron chi connectivity index (χ2n) is 7.38. The van der Waals surface area contributed by atoms with Crippen LogP contribution >= 0.6 is 0 Å². The molecule has 0 bridgehead atoms. The molecule has 2 atom stereocenters. The number of nitrogens with one attached hydrogen (secondary N) is 2. The number of anilines is 2. The van der Waals surface area contributed by atoms with Crippen molar-refractivity contribution in [2.45, 2.75) is 71.1 Å². The lowest BCUT2D eigenvalue weighted by Gasteiger charge is -2.33. The van der Waals surface area contributed by atoms with E-state index in [1.807, 2.05) is 20.8 Å². The summed E-state index contributed by atoms with van der Waals surface area (Å²) in [5.41, 5.74) is 5.12. The molecule has 1 fully saturated rings. The Hall–Kier alpha value is -2.65. The summed E-state index contributed by atoms with van der Waals surface area (Å²) in [6.07, 6.45) is 3.18. The minimum absolute atomic E-state index is 0.0570. The summed E-state index contributed by atoms with van der Waals surface area (Å²) in [5.74, 6) is -0.523. The molecule has 0 aliphatic heterocycles. The van der Waals surface area contributed by atoms with E-state index < -0.39 is 17.7 Å². The fourth-order valence-corrected chi connectivity index (χ4v) is 2.85. The largest absolute Gasteiger partial charge is 0.461 e. The van der Waals surface area contributed by atoms with Crippen LogP contribution in [0.2, 0.25) is 0 Å². The zero-order chi connectivity index (χ0) is 20.0. The van der Waals surface area contributed by atoms with E-state index >= 15 is 0 Å². The molecule has 1 amide bonds. The second kappa shape index (κ2) is 8.83. The van der Waals surface area contributed by atoms with E-state index in [0.29, 0.717) is 0 Å². The van der Waals surface area contributed by atoms with E-state index in [1.165, 1.54) is 0 Å². The number of nitrogens with zero attached hydrogens (tertiary/aromatic N) is 3. The Kier molecular flexibility index (Phi) is 6.75. The number of nitrogen functional groups attached to an aromatic ring is 1. The van der Waals surface area contributed by atoms with Gasteiger partial charge in [0.2, 0.25) is 11.6 Å². The molecule has 0 aromatic carbocycles. The predicted molar refractivity (Wildman–Crippen MR) is 99.2 cm³/mol. The molecule has 1 aromatic rings. The van der Waals surface area contributed by atoms with Crippen LogP contribution in [0.3, 0.4) is 0 Å². The molecule has 0 unspecified atom stereocenters. The van der Waals surface area contributed by atoms with Crippen LogP contribution in [0.15, 0.2) is 0 Å². The van der Waals surface area contributed by atoms with Crippen LogP contribution in [0.5, 0.6) is 0 Å². The first-order valence-corrected chi connectivity index (χ1v) is 9.13. The van der Waals surface area contributed by atoms with Gasteiger partial charge in [-0.1, -0.05) is 12.8 Å². The summed E-state index contributed by atoms with van der Waals surface area (Å²) >= 11 is 0. The molecular formula is C17H28N6O4. The maximum absolute atomic E-state index is 12.1. The molecular weight excluding hydrogens is 352 g/mol. The Balaban J connectivity index is 2.04. The molecule has 1 aromatic heterocycles. The minimum atomic E-state index is -0.663. The number of hydrogen-bond donors (Lipinski definition) is 3. The Morgan fingerprint density at radius 2 is 1.85 bits per heavy atom. The summed E-state index contributed by atoms with van der Waals surface area (Å²) in [7, 11) is 0. The Morgan fingerprint density at radius 1 is 1.19 bits per heavy atom. The van der Waals surface area contributed by atoms with Gasteiger partial charge in [-0.15, -0.1) is 10.2 Å². The van der Waals surface area contributed by atoms with Crippen molar-refractivity contribution in [2.24, 2.45) is 0 Å². The number of esters is 1. The lowest BCUT2D eigenvalue weighted by Crippen LogP contribution is -2.50. The van der Waals surface area contributed by atoms with E-state index in [-0.39, 0.29) is 36.2 Å². The van der Waals surface area contributed by atoms with E-state index in [2.05, 4.69) is 25.8 Å². The van der Waals surface area contributed by atoms with Crippen molar-refractivity contribution in [3.8, 4) is 0 Å². The number of carbonyl (C=O) groups excluding carboxylic acids is 2. The van der Waals surface area contributed by atoms with Crippen LogP contribution in [-0.4, -0.2) is 51.5 Å². The van der Waals surface area contributed by atoms with Crippen molar-refractivity contribution < 1.29 is 19.1 Å². The molecule has 1 aliphatic carbocycles. The summed E-state index contributed by atoms with van der Waals surface area (Å²) in [6, 6.07) is -0.232. The highest BCUT2D eigenvalue weighted by Crippen LogP contribution is 2.22. The minimum Gasteiger partial charge on any atom is -0.461 e. The lowest BCUT2D eigenvalue weighted by atomic mass is 9.90. The van der Waals surface area contributed by atoms with Gasteiger partial charge in [0.05, 0.1) is 12.6 Å². The first-order valence-electron chi connectivity index (χ1n) is 9.13. The van der Waals surface area contributed by atoms with Crippen LogP contribution in [0.25, 0.3) is 0 Å². The molecule has 10 nitrogen and oxygen atoms in total. The maximum Gasteiger partial charge on any atom is 0.407 e. The highest BCUT2D eigenvalue weighted by Gasteiger charge is 2.29. The first-order chi connectivity index (χ1) is 12.7. The third kappa shape index (κ3) is 6.22. The van der Waals surface area contributed by atoms with Gasteiger partial charge in [-0.05, 0) is 40.5 Å². The molecule has 1 saturated carbocycles. The number of nitrogens with two attached hydrogens (primary N) is 1. The van der Waals surface area contributed by atoms with Gasteiger partial charge in [0.1, 0.15) is 5.60 Å². The quantitative estimate of drug-likeness (QED) is 0.653. The zero-order valence-electron chi connectivity index (χ0n) is 16.2. The van der Waals surface area contributed by atoms with Crippen molar-refractivity contribution in [3.63, 3.8) is 0 Å². The number of aromatic nitrogens is 3. The number of rotatable bonds is 5. The van der Waals surface area contributed by atoms with Crippen molar-refractivity contribution in [2.75, 3.05) is 17.7 Å². The summed E-state index contributed by atoms with van der Waals surface area (Å²) in [6.45, 7) is 7.34. The highest BCUT2D eigenvalue weighted by atomic mass is 16.6. The Morgan fingerprint density at radius 3 is 2.44 bits per heavy atom. The number of ether oxygens (including phenoxy) is 2. The molecule has 4 N–H and O–H groups in total. The van der Waals surface area contributed by atoms with Gasteiger partial charge in [-0.3, -0.25) is 0 Å². The van der Waals surface area contributed by atoms with Crippen LogP contribution in [0.1, 0.15) is 63.9 Å². The fraction of sp³-hybridized carbons (Fsp3) is 0.706. The van der Waals surface area contributed by atoms with Gasteiger partial charge in [-0.25, -0.2) is 9.59 Å². The van der Waals surface area contributed by atoms with Crippen LogP contribution < -0.4 is 16.4 Å². The maximum atomic E-state index is 12.1. The van der Waals surface area contributed by atoms with Crippen LogP contribution in [-0.2, 0) is 9.47 Å². The smallest absolute Gasteiger partial charge is 0.407 e. The molecule has 10 heteroatoms. The number of amides is 1. The fourth-order valence-electron chi connectivity index (χ4n) is 2.85. The van der Waals surface area contributed by atoms with E-state index in [0.717, 1.165) is 25.7 Å². The van der Waals surface area contributed by atoms with Crippen molar-refractivity contribution in [3.05, 3.63) is 5.69 Å². The highest BCUT2D eigenvalue weighted by molar-refractivity contribution is 5.91. The monoisotopic (exact) mass is 380 g/mol. The van der Waals surface area contributed by atoms with E-state index in [1.54, 1.807) is 6.92 Å². The summed E-state index contributed by atoms with van der Waals surface area (Å²) in [5, 5.41) is 13.8. The van der Waals surface area contributed by atoms with E-state index in [4.69, 9.17) is 15.2 Å². The molecule has 150 valence electrons. The van der Waals surface area contributed by atoms with Crippen molar-refractivity contribution in [1.82, 2.24) is 20.5 Å².